The second-order valence-electron chi connectivity index (χ2n) is 4.31. The molecule has 0 radical (unpaired) electrons. The maximum absolute atomic E-state index is 11.9. The van der Waals surface area contributed by atoms with Crippen LogP contribution < -0.4 is 5.32 Å². The minimum atomic E-state index is -0.687. The Morgan fingerprint density at radius 2 is 2.21 bits per heavy atom. The van der Waals surface area contributed by atoms with Gasteiger partial charge in [0.25, 0.3) is 5.91 Å². The number of carbonyl (C=O) groups is 2. The third-order valence-electron chi connectivity index (χ3n) is 2.48. The molecule has 0 aliphatic carbocycles. The topological polar surface area (TPSA) is 68.3 Å². The van der Waals surface area contributed by atoms with Crippen molar-refractivity contribution in [3.8, 4) is 0 Å². The van der Waals surface area contributed by atoms with E-state index in [1.165, 1.54) is 13.3 Å². The van der Waals surface area contributed by atoms with Crippen LogP contribution in [0.4, 0.5) is 0 Å². The zero-order valence-electron chi connectivity index (χ0n) is 11.3. The number of pyridine rings is 1. The molecule has 1 rings (SSSR count). The first-order chi connectivity index (χ1) is 9.04. The lowest BCUT2D eigenvalue weighted by Gasteiger charge is -2.15. The predicted octanol–water partition coefficient (Wildman–Crippen LogP) is 1.71. The molecular weight excluding hydrogens is 244 g/mol. The van der Waals surface area contributed by atoms with Gasteiger partial charge in [-0.05, 0) is 32.4 Å². The molecule has 5 nitrogen and oxygen atoms in total. The number of nitrogens with one attached hydrogen (secondary N) is 1. The molecule has 0 spiro atoms. The van der Waals surface area contributed by atoms with E-state index in [1.807, 2.05) is 19.9 Å². The highest BCUT2D eigenvalue weighted by molar-refractivity contribution is 5.96. The lowest BCUT2D eigenvalue weighted by atomic mass is 10.1. The van der Waals surface area contributed by atoms with Gasteiger partial charge in [0.05, 0.1) is 12.7 Å². The van der Waals surface area contributed by atoms with Crippen LogP contribution in [0.2, 0.25) is 0 Å². The van der Waals surface area contributed by atoms with Crippen LogP contribution in [0.25, 0.3) is 0 Å². The first-order valence-corrected chi connectivity index (χ1v) is 5.96. The largest absolute Gasteiger partial charge is 0.467 e. The van der Waals surface area contributed by atoms with Gasteiger partial charge in [0.1, 0.15) is 6.04 Å². The first kappa shape index (κ1) is 14.9. The highest BCUT2D eigenvalue weighted by atomic mass is 16.5. The van der Waals surface area contributed by atoms with E-state index in [4.69, 9.17) is 0 Å². The summed E-state index contributed by atoms with van der Waals surface area (Å²) in [6.07, 6.45) is 5.31. The summed E-state index contributed by atoms with van der Waals surface area (Å²) in [6, 6.07) is 2.61. The van der Waals surface area contributed by atoms with E-state index >= 15 is 0 Å². The zero-order valence-corrected chi connectivity index (χ0v) is 11.3. The minimum Gasteiger partial charge on any atom is -0.467 e. The van der Waals surface area contributed by atoms with Gasteiger partial charge in [-0.15, -0.1) is 0 Å². The number of nitrogens with zero attached hydrogens (tertiary/aromatic N) is 1. The van der Waals surface area contributed by atoms with Crippen LogP contribution >= 0.6 is 0 Å². The third kappa shape index (κ3) is 4.91. The van der Waals surface area contributed by atoms with Crippen LogP contribution in [0.5, 0.6) is 0 Å². The highest BCUT2D eigenvalue weighted by Gasteiger charge is 2.20. The average Bonchev–Trinajstić information content (AvgIpc) is 2.43. The molecule has 5 heteroatoms. The second-order valence-corrected chi connectivity index (χ2v) is 4.31. The zero-order chi connectivity index (χ0) is 14.3. The van der Waals surface area contributed by atoms with Gasteiger partial charge < -0.3 is 10.1 Å². The Bertz CT molecular complexity index is 465. The molecule has 0 aliphatic rings. The SMILES string of the molecule is COC(=O)[C@@H](CC=C(C)C)NC(=O)c1cccnc1. The molecule has 0 aromatic carbocycles. The van der Waals surface area contributed by atoms with Gasteiger partial charge in [0, 0.05) is 12.4 Å². The predicted molar refractivity (Wildman–Crippen MR) is 71.6 cm³/mol. The summed E-state index contributed by atoms with van der Waals surface area (Å²) in [7, 11) is 1.30. The van der Waals surface area contributed by atoms with Crippen molar-refractivity contribution in [3.63, 3.8) is 0 Å². The second kappa shape index (κ2) is 7.31. The van der Waals surface area contributed by atoms with Gasteiger partial charge in [0.2, 0.25) is 0 Å². The molecule has 0 saturated carbocycles. The van der Waals surface area contributed by atoms with Crippen molar-refractivity contribution < 1.29 is 14.3 Å². The molecule has 19 heavy (non-hydrogen) atoms. The molecule has 1 aromatic rings. The van der Waals surface area contributed by atoms with Gasteiger partial charge in [0.15, 0.2) is 0 Å². The van der Waals surface area contributed by atoms with Crippen LogP contribution in [0, 0.1) is 0 Å². The molecule has 1 amide bonds. The van der Waals surface area contributed by atoms with Crippen molar-refractivity contribution >= 4 is 11.9 Å². The number of aromatic nitrogens is 1. The Morgan fingerprint density at radius 1 is 1.47 bits per heavy atom. The maximum Gasteiger partial charge on any atom is 0.328 e. The van der Waals surface area contributed by atoms with Gasteiger partial charge in [-0.1, -0.05) is 11.6 Å². The van der Waals surface area contributed by atoms with Gasteiger partial charge >= 0.3 is 5.97 Å². The fraction of sp³-hybridized carbons (Fsp3) is 0.357. The lowest BCUT2D eigenvalue weighted by molar-refractivity contribution is -0.142. The summed E-state index contributed by atoms with van der Waals surface area (Å²) < 4.78 is 4.68. The van der Waals surface area contributed by atoms with E-state index in [1.54, 1.807) is 18.3 Å². The van der Waals surface area contributed by atoms with Gasteiger partial charge in [-0.25, -0.2) is 4.79 Å². The number of allylic oxidation sites excluding steroid dienone is 1. The number of amides is 1. The van der Waals surface area contributed by atoms with E-state index in [-0.39, 0.29) is 5.91 Å². The average molecular weight is 262 g/mol. The maximum atomic E-state index is 11.9. The molecule has 0 aliphatic heterocycles. The summed E-state index contributed by atoms with van der Waals surface area (Å²) in [4.78, 5) is 27.4. The van der Waals surface area contributed by atoms with E-state index in [9.17, 15) is 9.59 Å². The number of ether oxygens (including phenoxy) is 1. The number of carbonyl (C=O) groups excluding carboxylic acids is 2. The minimum absolute atomic E-state index is 0.342. The molecule has 1 heterocycles. The Morgan fingerprint density at radius 3 is 2.74 bits per heavy atom. The summed E-state index contributed by atoms with van der Waals surface area (Å²) in [5.41, 5.74) is 1.48. The summed E-state index contributed by atoms with van der Waals surface area (Å²) in [6.45, 7) is 3.86. The van der Waals surface area contributed by atoms with Crippen LogP contribution in [0.1, 0.15) is 30.6 Å². The van der Waals surface area contributed by atoms with E-state index in [0.717, 1.165) is 5.57 Å². The quantitative estimate of drug-likeness (QED) is 0.648. The van der Waals surface area contributed by atoms with Crippen molar-refractivity contribution in [3.05, 3.63) is 41.7 Å². The number of hydrogen-bond donors (Lipinski definition) is 1. The van der Waals surface area contributed by atoms with Crippen LogP contribution in [-0.2, 0) is 9.53 Å². The molecule has 102 valence electrons. The number of esters is 1. The molecule has 1 N–H and O–H groups in total. The van der Waals surface area contributed by atoms with Crippen molar-refractivity contribution in [1.29, 1.82) is 0 Å². The smallest absolute Gasteiger partial charge is 0.328 e. The van der Waals surface area contributed by atoms with E-state index in [0.29, 0.717) is 12.0 Å². The fourth-order valence-electron chi connectivity index (χ4n) is 1.45. The Balaban J connectivity index is 2.75. The summed E-state index contributed by atoms with van der Waals surface area (Å²) in [5.74, 6) is -0.805. The normalized spacial score (nSPS) is 11.3. The molecule has 0 saturated heterocycles. The Labute approximate surface area is 112 Å². The first-order valence-electron chi connectivity index (χ1n) is 5.96. The third-order valence-corrected chi connectivity index (χ3v) is 2.48. The van der Waals surface area contributed by atoms with Crippen molar-refractivity contribution in [2.45, 2.75) is 26.3 Å². The fourth-order valence-corrected chi connectivity index (χ4v) is 1.45. The molecular formula is C14H18N2O3. The molecule has 0 bridgehead atoms. The van der Waals surface area contributed by atoms with Gasteiger partial charge in [-0.3, -0.25) is 9.78 Å². The Kier molecular flexibility index (Phi) is 5.73. The lowest BCUT2D eigenvalue weighted by Crippen LogP contribution is -2.41. The molecule has 0 fully saturated rings. The van der Waals surface area contributed by atoms with Crippen LogP contribution in [0.3, 0.4) is 0 Å². The number of rotatable bonds is 5. The Hall–Kier alpha value is -2.17. The monoisotopic (exact) mass is 262 g/mol. The van der Waals surface area contributed by atoms with Crippen molar-refractivity contribution in [2.75, 3.05) is 7.11 Å². The summed E-state index contributed by atoms with van der Waals surface area (Å²) >= 11 is 0. The van der Waals surface area contributed by atoms with Crippen molar-refractivity contribution in [2.24, 2.45) is 0 Å². The van der Waals surface area contributed by atoms with Crippen LogP contribution in [0.15, 0.2) is 36.2 Å². The number of methoxy groups -OCH3 is 1. The van der Waals surface area contributed by atoms with Gasteiger partial charge in [-0.2, -0.15) is 0 Å². The van der Waals surface area contributed by atoms with E-state index < -0.39 is 12.0 Å². The van der Waals surface area contributed by atoms with Crippen molar-refractivity contribution in [1.82, 2.24) is 10.3 Å². The molecule has 1 atom stereocenters. The van der Waals surface area contributed by atoms with Crippen LogP contribution in [-0.4, -0.2) is 30.0 Å². The highest BCUT2D eigenvalue weighted by Crippen LogP contribution is 2.03. The standard InChI is InChI=1S/C14H18N2O3/c1-10(2)6-7-12(14(18)19-3)16-13(17)11-5-4-8-15-9-11/h4-6,8-9,12H,7H2,1-3H3,(H,16,17)/t12-/m1/s1. The summed E-state index contributed by atoms with van der Waals surface area (Å²) in [5, 5.41) is 2.64. The van der Waals surface area contributed by atoms with E-state index in [2.05, 4.69) is 15.0 Å². The molecule has 0 unspecified atom stereocenters. The number of hydrogen-bond acceptors (Lipinski definition) is 4. The molecule has 1 aromatic heterocycles.